The fourth-order valence-electron chi connectivity index (χ4n) is 3.89. The van der Waals surface area contributed by atoms with E-state index in [-0.39, 0.29) is 22.0 Å². The first-order chi connectivity index (χ1) is 15.8. The van der Waals surface area contributed by atoms with Crippen molar-refractivity contribution in [2.75, 3.05) is 0 Å². The van der Waals surface area contributed by atoms with Crippen molar-refractivity contribution < 1.29 is 19.1 Å². The molecule has 0 fully saturated rings. The number of para-hydroxylation sites is 2. The molecule has 0 aromatic heterocycles. The number of hydrogen-bond donors (Lipinski definition) is 0. The lowest BCUT2D eigenvalue weighted by molar-refractivity contribution is 0.0687. The van der Waals surface area contributed by atoms with Gasteiger partial charge in [0.05, 0.1) is 11.1 Å². The van der Waals surface area contributed by atoms with Crippen LogP contribution in [0.3, 0.4) is 0 Å². The summed E-state index contributed by atoms with van der Waals surface area (Å²) in [6.45, 7) is 16.2. The maximum Gasteiger partial charge on any atom is 0.344 e. The highest BCUT2D eigenvalue weighted by atomic mass is 16.5. The molecule has 0 N–H and O–H groups in total. The molecule has 0 aliphatic heterocycles. The zero-order valence-electron chi connectivity index (χ0n) is 21.4. The summed E-state index contributed by atoms with van der Waals surface area (Å²) in [5.74, 6) is -0.129. The number of hydrogen-bond acceptors (Lipinski definition) is 4. The number of ether oxygens (including phenoxy) is 2. The van der Waals surface area contributed by atoms with Gasteiger partial charge in [0, 0.05) is 11.1 Å². The van der Waals surface area contributed by atoms with Gasteiger partial charge in [-0.25, -0.2) is 9.59 Å². The first-order valence-electron chi connectivity index (χ1n) is 11.5. The smallest absolute Gasteiger partial charge is 0.344 e. The molecule has 0 saturated heterocycles. The molecule has 0 amide bonds. The zero-order valence-corrected chi connectivity index (χ0v) is 21.4. The Kier molecular flexibility index (Phi) is 7.02. The van der Waals surface area contributed by atoms with Crippen LogP contribution in [-0.2, 0) is 10.8 Å². The van der Waals surface area contributed by atoms with E-state index in [9.17, 15) is 9.59 Å². The van der Waals surface area contributed by atoms with Gasteiger partial charge >= 0.3 is 11.9 Å². The van der Waals surface area contributed by atoms with Crippen LogP contribution in [0.4, 0.5) is 0 Å². The monoisotopic (exact) mass is 458 g/mol. The first-order valence-corrected chi connectivity index (χ1v) is 11.5. The van der Waals surface area contributed by atoms with E-state index >= 15 is 0 Å². The minimum absolute atomic E-state index is 0.168. The van der Waals surface area contributed by atoms with E-state index in [4.69, 9.17) is 9.47 Å². The van der Waals surface area contributed by atoms with Crippen molar-refractivity contribution in [2.24, 2.45) is 0 Å². The largest absolute Gasteiger partial charge is 0.422 e. The fourth-order valence-corrected chi connectivity index (χ4v) is 3.89. The average molecular weight is 459 g/mol. The van der Waals surface area contributed by atoms with Crippen LogP contribution in [-0.4, -0.2) is 11.9 Å². The molecule has 178 valence electrons. The summed E-state index contributed by atoms with van der Waals surface area (Å²) in [6, 6.07) is 18.3. The molecule has 3 rings (SSSR count). The summed E-state index contributed by atoms with van der Waals surface area (Å²) in [7, 11) is 0. The highest BCUT2D eigenvalue weighted by molar-refractivity contribution is 6.04. The lowest BCUT2D eigenvalue weighted by Gasteiger charge is -2.24. The fraction of sp³-hybridized carbons (Fsp3) is 0.333. The van der Waals surface area contributed by atoms with Gasteiger partial charge < -0.3 is 9.47 Å². The van der Waals surface area contributed by atoms with E-state index in [2.05, 4.69) is 41.5 Å². The van der Waals surface area contributed by atoms with Crippen LogP contribution in [0.5, 0.6) is 11.5 Å². The van der Waals surface area contributed by atoms with E-state index in [1.165, 1.54) is 0 Å². The Morgan fingerprint density at radius 2 is 0.912 bits per heavy atom. The van der Waals surface area contributed by atoms with Crippen LogP contribution in [0.1, 0.15) is 84.5 Å². The Morgan fingerprint density at radius 3 is 1.24 bits per heavy atom. The van der Waals surface area contributed by atoms with Crippen molar-refractivity contribution in [3.8, 4) is 11.5 Å². The second kappa shape index (κ2) is 9.46. The second-order valence-corrected chi connectivity index (χ2v) is 10.7. The van der Waals surface area contributed by atoms with Gasteiger partial charge in [0.15, 0.2) is 0 Å². The molecule has 0 spiro atoms. The van der Waals surface area contributed by atoms with E-state index in [1.54, 1.807) is 24.3 Å². The van der Waals surface area contributed by atoms with Gasteiger partial charge in [0.1, 0.15) is 11.5 Å². The number of carbonyl (C=O) groups is 2. The standard InChI is InChI=1S/C30H34O4/c1-19-13-11-17-23(29(3,4)5)25(19)33-27(31)21-15-9-10-16-22(21)28(32)34-26-20(2)14-12-18-24(26)30(6,7)8/h9-18H,1-8H3. The molecule has 0 bridgehead atoms. The van der Waals surface area contributed by atoms with Crippen molar-refractivity contribution in [3.05, 3.63) is 94.0 Å². The third-order valence-corrected chi connectivity index (χ3v) is 5.80. The average Bonchev–Trinajstić information content (AvgIpc) is 2.74. The minimum atomic E-state index is -0.590. The number of esters is 2. The molecule has 0 aliphatic rings. The topological polar surface area (TPSA) is 52.6 Å². The second-order valence-electron chi connectivity index (χ2n) is 10.7. The predicted octanol–water partition coefficient (Wildman–Crippen LogP) is 7.34. The molecule has 0 heterocycles. The van der Waals surface area contributed by atoms with E-state index in [0.29, 0.717) is 11.5 Å². The lowest BCUT2D eigenvalue weighted by atomic mass is 9.85. The Bertz CT molecular complexity index is 1130. The Hall–Kier alpha value is -3.40. The lowest BCUT2D eigenvalue weighted by Crippen LogP contribution is -2.21. The van der Waals surface area contributed by atoms with Crippen LogP contribution in [0.15, 0.2) is 60.7 Å². The molecule has 3 aromatic carbocycles. The number of carbonyl (C=O) groups excluding carboxylic acids is 2. The Labute approximate surface area is 202 Å². The summed E-state index contributed by atoms with van der Waals surface area (Å²) in [5, 5.41) is 0. The van der Waals surface area contributed by atoms with Crippen LogP contribution < -0.4 is 9.47 Å². The quantitative estimate of drug-likeness (QED) is 0.303. The molecule has 0 radical (unpaired) electrons. The summed E-state index contributed by atoms with van der Waals surface area (Å²) in [4.78, 5) is 26.6. The third kappa shape index (κ3) is 5.39. The molecule has 3 aromatic rings. The Balaban J connectivity index is 1.97. The van der Waals surface area contributed by atoms with Gasteiger partial charge in [-0.3, -0.25) is 0 Å². The molecule has 0 unspecified atom stereocenters. The molecule has 0 atom stereocenters. The molecule has 4 heteroatoms. The van der Waals surface area contributed by atoms with Crippen LogP contribution >= 0.6 is 0 Å². The van der Waals surface area contributed by atoms with Crippen molar-refractivity contribution in [2.45, 2.75) is 66.2 Å². The molecule has 0 saturated carbocycles. The van der Waals surface area contributed by atoms with Crippen LogP contribution in [0, 0.1) is 13.8 Å². The summed E-state index contributed by atoms with van der Waals surface area (Å²) in [6.07, 6.45) is 0. The summed E-state index contributed by atoms with van der Waals surface area (Å²) >= 11 is 0. The number of rotatable bonds is 4. The number of aryl methyl sites for hydroxylation is 2. The van der Waals surface area contributed by atoms with Crippen molar-refractivity contribution in [3.63, 3.8) is 0 Å². The summed E-state index contributed by atoms with van der Waals surface area (Å²) in [5.41, 5.74) is 3.48. The van der Waals surface area contributed by atoms with Gasteiger partial charge in [0.25, 0.3) is 0 Å². The SMILES string of the molecule is Cc1cccc(C(C)(C)C)c1OC(=O)c1ccccc1C(=O)Oc1c(C)cccc1C(C)(C)C. The maximum atomic E-state index is 13.3. The van der Waals surface area contributed by atoms with E-state index in [0.717, 1.165) is 22.3 Å². The maximum absolute atomic E-state index is 13.3. The predicted molar refractivity (Wildman–Crippen MR) is 136 cm³/mol. The van der Waals surface area contributed by atoms with E-state index in [1.807, 2.05) is 50.2 Å². The van der Waals surface area contributed by atoms with Gasteiger partial charge in [-0.1, -0.05) is 90.1 Å². The van der Waals surface area contributed by atoms with Crippen molar-refractivity contribution >= 4 is 11.9 Å². The Morgan fingerprint density at radius 1 is 0.559 bits per heavy atom. The molecule has 4 nitrogen and oxygen atoms in total. The highest BCUT2D eigenvalue weighted by Gasteiger charge is 2.27. The molecule has 34 heavy (non-hydrogen) atoms. The van der Waals surface area contributed by atoms with Gasteiger partial charge in [-0.2, -0.15) is 0 Å². The third-order valence-electron chi connectivity index (χ3n) is 5.80. The normalized spacial score (nSPS) is 11.8. The molecular formula is C30H34O4. The van der Waals surface area contributed by atoms with Gasteiger partial charge in [-0.05, 0) is 47.9 Å². The van der Waals surface area contributed by atoms with Gasteiger partial charge in [-0.15, -0.1) is 0 Å². The van der Waals surface area contributed by atoms with Crippen LogP contribution in [0.25, 0.3) is 0 Å². The highest BCUT2D eigenvalue weighted by Crippen LogP contribution is 2.36. The number of benzene rings is 3. The zero-order chi connectivity index (χ0) is 25.3. The molecule has 0 aliphatic carbocycles. The van der Waals surface area contributed by atoms with Crippen molar-refractivity contribution in [1.82, 2.24) is 0 Å². The minimum Gasteiger partial charge on any atom is -0.422 e. The van der Waals surface area contributed by atoms with Crippen molar-refractivity contribution in [1.29, 1.82) is 0 Å². The van der Waals surface area contributed by atoms with Gasteiger partial charge in [0.2, 0.25) is 0 Å². The van der Waals surface area contributed by atoms with E-state index < -0.39 is 11.9 Å². The van der Waals surface area contributed by atoms with Crippen LogP contribution in [0.2, 0.25) is 0 Å². The summed E-state index contributed by atoms with van der Waals surface area (Å²) < 4.78 is 11.8. The first kappa shape index (κ1) is 25.2. The molecular weight excluding hydrogens is 424 g/mol.